The molecule has 9 heteroatoms. The predicted molar refractivity (Wildman–Crippen MR) is 75.2 cm³/mol. The molecule has 1 aromatic heterocycles. The molecule has 0 N–H and O–H groups in total. The Morgan fingerprint density at radius 1 is 1.44 bits per heavy atom. The van der Waals surface area contributed by atoms with Crippen LogP contribution in [-0.2, 0) is 13.8 Å². The van der Waals surface area contributed by atoms with Crippen LogP contribution in [0.3, 0.4) is 0 Å². The van der Waals surface area contributed by atoms with Gasteiger partial charge in [-0.2, -0.15) is 0 Å². The first kappa shape index (κ1) is 14.2. The van der Waals surface area contributed by atoms with E-state index in [9.17, 15) is 13.2 Å². The molecular weight excluding hydrogens is 411 g/mol. The van der Waals surface area contributed by atoms with E-state index < -0.39 is 14.3 Å². The van der Waals surface area contributed by atoms with Crippen molar-refractivity contribution in [2.75, 3.05) is 11.4 Å². The molecule has 1 fully saturated rings. The third-order valence-corrected chi connectivity index (χ3v) is 6.22. The van der Waals surface area contributed by atoms with Gasteiger partial charge in [0.25, 0.3) is 0 Å². The second-order valence-corrected chi connectivity index (χ2v) is 8.29. The highest BCUT2D eigenvalue weighted by Crippen LogP contribution is 2.30. The van der Waals surface area contributed by atoms with Gasteiger partial charge in [0.2, 0.25) is 15.0 Å². The maximum atomic E-state index is 11.8. The molecule has 1 aromatic rings. The van der Waals surface area contributed by atoms with Crippen molar-refractivity contribution in [3.8, 4) is 0 Å². The molecule has 0 aromatic carbocycles. The molecule has 2 heterocycles. The van der Waals surface area contributed by atoms with E-state index in [1.54, 1.807) is 6.07 Å². The molecule has 0 spiro atoms. The van der Waals surface area contributed by atoms with Crippen LogP contribution in [0.25, 0.3) is 0 Å². The van der Waals surface area contributed by atoms with Crippen LogP contribution in [0.15, 0.2) is 21.3 Å². The first-order valence-electron chi connectivity index (χ1n) is 4.84. The molecule has 1 atom stereocenters. The number of carbonyl (C=O) groups is 1. The minimum absolute atomic E-state index is 0.0560. The van der Waals surface area contributed by atoms with Gasteiger partial charge in [0.05, 0.1) is 16.4 Å². The lowest BCUT2D eigenvalue weighted by molar-refractivity contribution is -0.117. The summed E-state index contributed by atoms with van der Waals surface area (Å²) in [6.07, 6.45) is 1.40. The Morgan fingerprint density at radius 3 is 2.61 bits per heavy atom. The lowest BCUT2D eigenvalue weighted by atomic mass is 10.4. The summed E-state index contributed by atoms with van der Waals surface area (Å²) in [5, 5.41) is -0.867. The van der Waals surface area contributed by atoms with Crippen molar-refractivity contribution in [2.45, 2.75) is 11.7 Å². The Bertz CT molecular complexity index is 608. The summed E-state index contributed by atoms with van der Waals surface area (Å²) in [7, 11) is 1.55. The summed E-state index contributed by atoms with van der Waals surface area (Å²) in [5.74, 6) is -0.278. The zero-order valence-corrected chi connectivity index (χ0v) is 13.6. The van der Waals surface area contributed by atoms with Crippen molar-refractivity contribution >= 4 is 63.2 Å². The molecular formula is C9H7Br2ClN2O3S. The van der Waals surface area contributed by atoms with Crippen molar-refractivity contribution in [2.24, 2.45) is 0 Å². The van der Waals surface area contributed by atoms with Gasteiger partial charge in [0.15, 0.2) is 0 Å². The molecule has 0 aliphatic carbocycles. The Hall–Kier alpha value is -0.180. The summed E-state index contributed by atoms with van der Waals surface area (Å²) in [6.45, 7) is 0.0560. The summed E-state index contributed by atoms with van der Waals surface area (Å²) < 4.78 is 23.8. The number of pyridine rings is 1. The molecule has 0 saturated carbocycles. The Labute approximate surface area is 125 Å². The second kappa shape index (κ2) is 5.07. The van der Waals surface area contributed by atoms with Crippen LogP contribution >= 0.6 is 42.5 Å². The lowest BCUT2D eigenvalue weighted by Crippen LogP contribution is -2.26. The molecule has 1 saturated heterocycles. The van der Waals surface area contributed by atoms with Crippen LogP contribution in [0.4, 0.5) is 5.69 Å². The normalized spacial score (nSPS) is 20.5. The topological polar surface area (TPSA) is 67.3 Å². The number of amides is 1. The van der Waals surface area contributed by atoms with Gasteiger partial charge < -0.3 is 4.90 Å². The van der Waals surface area contributed by atoms with Crippen molar-refractivity contribution < 1.29 is 13.2 Å². The summed E-state index contributed by atoms with van der Waals surface area (Å²) in [6, 6.07) is 1.69. The summed E-state index contributed by atoms with van der Waals surface area (Å²) in [4.78, 5) is 17.2. The zero-order chi connectivity index (χ0) is 13.5. The number of nitrogens with zero attached hydrogens (tertiary/aromatic N) is 2. The van der Waals surface area contributed by atoms with E-state index in [1.807, 2.05) is 0 Å². The molecule has 18 heavy (non-hydrogen) atoms. The van der Waals surface area contributed by atoms with Crippen molar-refractivity contribution in [3.05, 3.63) is 21.3 Å². The number of anilines is 1. The maximum absolute atomic E-state index is 11.8. The fourth-order valence-electron chi connectivity index (χ4n) is 1.67. The van der Waals surface area contributed by atoms with Crippen LogP contribution in [0.5, 0.6) is 0 Å². The minimum atomic E-state index is -3.73. The number of rotatable bonds is 2. The monoisotopic (exact) mass is 416 g/mol. The summed E-state index contributed by atoms with van der Waals surface area (Å²) >= 11 is 6.49. The van der Waals surface area contributed by atoms with E-state index in [4.69, 9.17) is 10.7 Å². The SMILES string of the molecule is O=C1CC(S(=O)(=O)Cl)CN1c1cnc(Br)c(Br)c1. The fraction of sp³-hybridized carbons (Fsp3) is 0.333. The molecule has 98 valence electrons. The lowest BCUT2D eigenvalue weighted by Gasteiger charge is -2.16. The van der Waals surface area contributed by atoms with Crippen molar-refractivity contribution in [3.63, 3.8) is 0 Å². The van der Waals surface area contributed by atoms with E-state index in [-0.39, 0.29) is 18.9 Å². The average molecular weight is 418 g/mol. The van der Waals surface area contributed by atoms with Crippen LogP contribution < -0.4 is 4.90 Å². The van der Waals surface area contributed by atoms with Crippen LogP contribution in [0.2, 0.25) is 0 Å². The van der Waals surface area contributed by atoms with Gasteiger partial charge in [-0.1, -0.05) is 0 Å². The van der Waals surface area contributed by atoms with E-state index in [2.05, 4.69) is 36.8 Å². The standard InChI is InChI=1S/C9H7Br2ClN2O3S/c10-7-1-5(3-13-9(7)11)14-4-6(2-8(14)15)18(12,16)17/h1,3,6H,2,4H2. The van der Waals surface area contributed by atoms with E-state index in [0.29, 0.717) is 14.8 Å². The molecule has 1 unspecified atom stereocenters. The highest BCUT2D eigenvalue weighted by atomic mass is 79.9. The van der Waals surface area contributed by atoms with Gasteiger partial charge in [0.1, 0.15) is 9.85 Å². The Kier molecular flexibility index (Phi) is 4.01. The van der Waals surface area contributed by atoms with Crippen LogP contribution in [-0.4, -0.2) is 31.1 Å². The molecule has 5 nitrogen and oxygen atoms in total. The smallest absolute Gasteiger partial charge is 0.237 e. The second-order valence-electron chi connectivity index (χ2n) is 3.77. The highest BCUT2D eigenvalue weighted by Gasteiger charge is 2.38. The van der Waals surface area contributed by atoms with Gasteiger partial charge in [-0.25, -0.2) is 13.4 Å². The Morgan fingerprint density at radius 2 is 2.11 bits per heavy atom. The number of hydrogen-bond acceptors (Lipinski definition) is 4. The van der Waals surface area contributed by atoms with Gasteiger partial charge >= 0.3 is 0 Å². The predicted octanol–water partition coefficient (Wildman–Crippen LogP) is 2.28. The maximum Gasteiger partial charge on any atom is 0.237 e. The van der Waals surface area contributed by atoms with E-state index >= 15 is 0 Å². The van der Waals surface area contributed by atoms with Gasteiger partial charge in [-0.05, 0) is 37.9 Å². The third-order valence-electron chi connectivity index (χ3n) is 2.58. The van der Waals surface area contributed by atoms with E-state index in [1.165, 1.54) is 11.1 Å². The molecule has 0 radical (unpaired) electrons. The molecule has 0 bridgehead atoms. The van der Waals surface area contributed by atoms with E-state index in [0.717, 1.165) is 0 Å². The average Bonchev–Trinajstić information content (AvgIpc) is 2.64. The molecule has 1 amide bonds. The largest absolute Gasteiger partial charge is 0.309 e. The number of halogens is 3. The number of aromatic nitrogens is 1. The molecule has 1 aliphatic rings. The number of carbonyl (C=O) groups excluding carboxylic acids is 1. The van der Waals surface area contributed by atoms with Gasteiger partial charge in [-0.3, -0.25) is 4.79 Å². The van der Waals surface area contributed by atoms with Crippen LogP contribution in [0.1, 0.15) is 6.42 Å². The fourth-order valence-corrected chi connectivity index (χ4v) is 3.25. The quantitative estimate of drug-likeness (QED) is 0.546. The first-order chi connectivity index (χ1) is 8.29. The third kappa shape index (κ3) is 2.87. The first-order valence-corrected chi connectivity index (χ1v) is 8.80. The van der Waals surface area contributed by atoms with Crippen molar-refractivity contribution in [1.29, 1.82) is 0 Å². The summed E-state index contributed by atoms with van der Waals surface area (Å²) in [5.41, 5.74) is 0.540. The number of hydrogen-bond donors (Lipinski definition) is 0. The molecule has 2 rings (SSSR count). The minimum Gasteiger partial charge on any atom is -0.309 e. The van der Waals surface area contributed by atoms with Gasteiger partial charge in [0, 0.05) is 23.6 Å². The van der Waals surface area contributed by atoms with Crippen LogP contribution in [0, 0.1) is 0 Å². The van der Waals surface area contributed by atoms with Crippen molar-refractivity contribution in [1.82, 2.24) is 4.98 Å². The Balaban J connectivity index is 2.30. The zero-order valence-electron chi connectivity index (χ0n) is 8.81. The molecule has 1 aliphatic heterocycles. The highest BCUT2D eigenvalue weighted by molar-refractivity contribution is 9.13. The van der Waals surface area contributed by atoms with Gasteiger partial charge in [-0.15, -0.1) is 0 Å².